The van der Waals surface area contributed by atoms with Gasteiger partial charge in [0.25, 0.3) is 0 Å². The fourth-order valence-corrected chi connectivity index (χ4v) is 8.06. The largest absolute Gasteiger partial charge is 0.307 e. The Morgan fingerprint density at radius 1 is 1.18 bits per heavy atom. The summed E-state index contributed by atoms with van der Waals surface area (Å²) in [6, 6.07) is 8.19. The van der Waals surface area contributed by atoms with Gasteiger partial charge in [-0.2, -0.15) is 0 Å². The lowest BCUT2D eigenvalue weighted by molar-refractivity contribution is 0.307. The van der Waals surface area contributed by atoms with Crippen LogP contribution in [0.15, 0.2) is 34.1 Å². The van der Waals surface area contributed by atoms with Gasteiger partial charge in [-0.25, -0.2) is 0 Å². The average Bonchev–Trinajstić information content (AvgIpc) is 3.19. The maximum Gasteiger partial charge on any atom is 0.305 e. The number of aromatic amines is 1. The number of hydrogen-bond donors (Lipinski definition) is 1. The van der Waals surface area contributed by atoms with E-state index in [1.54, 1.807) is 0 Å². The molecule has 1 N–H and O–H groups in total. The lowest BCUT2D eigenvalue weighted by Crippen LogP contribution is -2.33. The number of nitrogens with one attached hydrogen (secondary N) is 1. The third-order valence-electron chi connectivity index (χ3n) is 5.71. The predicted octanol–water partition coefficient (Wildman–Crippen LogP) is 4.74. The van der Waals surface area contributed by atoms with Gasteiger partial charge in [-0.3, -0.25) is 4.79 Å². The summed E-state index contributed by atoms with van der Waals surface area (Å²) in [5.74, 6) is 2.56. The van der Waals surface area contributed by atoms with Gasteiger partial charge in [0.15, 0.2) is 0 Å². The van der Waals surface area contributed by atoms with E-state index in [4.69, 9.17) is 11.6 Å². The maximum absolute atomic E-state index is 11.9. The maximum atomic E-state index is 11.9. The summed E-state index contributed by atoms with van der Waals surface area (Å²) < 4.78 is 0. The molecule has 0 spiro atoms. The number of thioether (sulfide) groups is 1. The van der Waals surface area contributed by atoms with E-state index in [2.05, 4.69) is 17.1 Å². The van der Waals surface area contributed by atoms with Crippen molar-refractivity contribution in [2.45, 2.75) is 35.5 Å². The molecular formula is C17H16ClNOS2. The molecule has 1 aliphatic heterocycles. The van der Waals surface area contributed by atoms with Crippen LogP contribution in [-0.4, -0.2) is 10.2 Å². The first-order valence-corrected chi connectivity index (χ1v) is 9.94. The van der Waals surface area contributed by atoms with Gasteiger partial charge in [-0.05, 0) is 48.6 Å². The highest BCUT2D eigenvalue weighted by Crippen LogP contribution is 2.64. The monoisotopic (exact) mass is 349 g/mol. The van der Waals surface area contributed by atoms with Crippen LogP contribution in [-0.2, 0) is 0 Å². The summed E-state index contributed by atoms with van der Waals surface area (Å²) in [6.45, 7) is 0. The van der Waals surface area contributed by atoms with Crippen LogP contribution in [0.4, 0.5) is 0 Å². The number of aromatic nitrogens is 1. The van der Waals surface area contributed by atoms with Crippen LogP contribution in [0.5, 0.6) is 0 Å². The van der Waals surface area contributed by atoms with Gasteiger partial charge in [-0.1, -0.05) is 41.1 Å². The second kappa shape index (κ2) is 4.89. The fraction of sp³-hybridized carbons (Fsp3) is 0.471. The average molecular weight is 350 g/mol. The van der Waals surface area contributed by atoms with E-state index in [1.807, 2.05) is 23.9 Å². The van der Waals surface area contributed by atoms with E-state index in [-0.39, 0.29) is 4.87 Å². The number of thiazole rings is 1. The Hall–Kier alpha value is -0.710. The predicted molar refractivity (Wildman–Crippen MR) is 92.2 cm³/mol. The standard InChI is InChI=1S/C17H16ClNOS2/c18-11-4-2-1-3-10(11)13-12-8-5-6-9(7-8)14(12)21-16-15(13)22-17(20)19-16/h1-4,8-9,12-14H,5-7H2,(H,19,20)/t8-,9-,12+,13+,14+/m0/s1. The molecule has 5 heteroatoms. The zero-order valence-electron chi connectivity index (χ0n) is 11.9. The molecule has 2 heterocycles. The van der Waals surface area contributed by atoms with E-state index in [1.165, 1.54) is 41.0 Å². The number of rotatable bonds is 1. The van der Waals surface area contributed by atoms with Crippen LogP contribution in [0.25, 0.3) is 0 Å². The van der Waals surface area contributed by atoms with Crippen LogP contribution >= 0.6 is 34.7 Å². The van der Waals surface area contributed by atoms with Gasteiger partial charge in [0.05, 0.1) is 5.03 Å². The van der Waals surface area contributed by atoms with Crippen LogP contribution in [0.3, 0.4) is 0 Å². The molecule has 22 heavy (non-hydrogen) atoms. The number of benzene rings is 1. The summed E-state index contributed by atoms with van der Waals surface area (Å²) in [5, 5.41) is 2.60. The van der Waals surface area contributed by atoms with E-state index in [0.29, 0.717) is 17.1 Å². The highest BCUT2D eigenvalue weighted by molar-refractivity contribution is 8.00. The molecule has 2 saturated carbocycles. The van der Waals surface area contributed by atoms with Crippen molar-refractivity contribution in [2.75, 3.05) is 0 Å². The summed E-state index contributed by atoms with van der Waals surface area (Å²) in [4.78, 5) is 16.3. The molecule has 2 fully saturated rings. The third-order valence-corrected chi connectivity index (χ3v) is 8.67. The minimum Gasteiger partial charge on any atom is -0.307 e. The lowest BCUT2D eigenvalue weighted by atomic mass is 9.75. The van der Waals surface area contributed by atoms with Crippen LogP contribution in [0, 0.1) is 17.8 Å². The molecule has 2 aromatic rings. The Morgan fingerprint density at radius 3 is 2.86 bits per heavy atom. The Bertz CT molecular complexity index is 798. The molecule has 2 bridgehead atoms. The Morgan fingerprint density at radius 2 is 2.00 bits per heavy atom. The highest BCUT2D eigenvalue weighted by atomic mass is 35.5. The van der Waals surface area contributed by atoms with E-state index >= 15 is 0 Å². The Balaban J connectivity index is 1.72. The summed E-state index contributed by atoms with van der Waals surface area (Å²) in [5.41, 5.74) is 1.21. The quantitative estimate of drug-likeness (QED) is 0.806. The second-order valence-corrected chi connectivity index (χ2v) is 9.31. The molecule has 0 saturated heterocycles. The number of H-pyrrole nitrogens is 1. The summed E-state index contributed by atoms with van der Waals surface area (Å²) >= 11 is 9.85. The van der Waals surface area contributed by atoms with Gasteiger partial charge in [-0.15, -0.1) is 11.8 Å². The first kappa shape index (κ1) is 13.7. The fourth-order valence-electron chi connectivity index (χ4n) is 4.92. The van der Waals surface area contributed by atoms with Gasteiger partial charge in [0.1, 0.15) is 0 Å². The van der Waals surface area contributed by atoms with E-state index < -0.39 is 0 Å². The minimum absolute atomic E-state index is 0.0712. The first-order valence-electron chi connectivity index (χ1n) is 7.86. The molecule has 2 aliphatic carbocycles. The zero-order valence-corrected chi connectivity index (χ0v) is 14.3. The van der Waals surface area contributed by atoms with Gasteiger partial charge < -0.3 is 4.98 Å². The van der Waals surface area contributed by atoms with Crippen molar-refractivity contribution in [1.29, 1.82) is 0 Å². The Kier molecular flexibility index (Phi) is 3.05. The van der Waals surface area contributed by atoms with Gasteiger partial charge in [0.2, 0.25) is 0 Å². The van der Waals surface area contributed by atoms with Crippen molar-refractivity contribution in [3.8, 4) is 0 Å². The van der Waals surface area contributed by atoms with E-state index in [9.17, 15) is 4.79 Å². The lowest BCUT2D eigenvalue weighted by Gasteiger charge is -2.40. The third kappa shape index (κ3) is 1.84. The molecule has 0 radical (unpaired) electrons. The molecular weight excluding hydrogens is 334 g/mol. The van der Waals surface area contributed by atoms with Crippen molar-refractivity contribution in [2.24, 2.45) is 17.8 Å². The molecule has 2 nitrogen and oxygen atoms in total. The van der Waals surface area contributed by atoms with E-state index in [0.717, 1.165) is 21.9 Å². The Labute approximate surface area is 142 Å². The summed E-state index contributed by atoms with van der Waals surface area (Å²) in [6.07, 6.45) is 4.07. The van der Waals surface area contributed by atoms with Crippen molar-refractivity contribution >= 4 is 34.7 Å². The summed E-state index contributed by atoms with van der Waals surface area (Å²) in [7, 11) is 0. The van der Waals surface area contributed by atoms with Gasteiger partial charge in [0, 0.05) is 21.1 Å². The number of halogens is 1. The van der Waals surface area contributed by atoms with Crippen molar-refractivity contribution < 1.29 is 0 Å². The highest BCUT2D eigenvalue weighted by Gasteiger charge is 2.54. The van der Waals surface area contributed by atoms with Gasteiger partial charge >= 0.3 is 4.87 Å². The number of fused-ring (bicyclic) bond motifs is 6. The minimum atomic E-state index is 0.0712. The molecule has 3 aliphatic rings. The smallest absolute Gasteiger partial charge is 0.305 e. The topological polar surface area (TPSA) is 32.9 Å². The van der Waals surface area contributed by atoms with Crippen molar-refractivity contribution in [1.82, 2.24) is 4.98 Å². The number of hydrogen-bond acceptors (Lipinski definition) is 3. The molecule has 114 valence electrons. The molecule has 0 amide bonds. The van der Waals surface area contributed by atoms with Crippen molar-refractivity contribution in [3.05, 3.63) is 49.4 Å². The molecule has 5 atom stereocenters. The molecule has 5 rings (SSSR count). The van der Waals surface area contributed by atoms with Crippen LogP contribution < -0.4 is 4.87 Å². The molecule has 1 aromatic carbocycles. The zero-order chi connectivity index (χ0) is 14.8. The molecule has 0 unspecified atom stereocenters. The normalized spacial score (nSPS) is 35.4. The first-order chi connectivity index (χ1) is 10.7. The van der Waals surface area contributed by atoms with Crippen molar-refractivity contribution in [3.63, 3.8) is 0 Å². The van der Waals surface area contributed by atoms with Crippen LogP contribution in [0.2, 0.25) is 5.02 Å². The molecule has 1 aromatic heterocycles. The second-order valence-electron chi connectivity index (χ2n) is 6.70. The SMILES string of the molecule is O=c1[nH]c2c(s1)[C@H](c1ccccc1Cl)[C@H]1[C@H]3CC[C@@H](C3)[C@H]1S2. The van der Waals surface area contributed by atoms with Crippen LogP contribution in [0.1, 0.15) is 35.6 Å².